The van der Waals surface area contributed by atoms with Gasteiger partial charge in [0.1, 0.15) is 5.76 Å². The van der Waals surface area contributed by atoms with Crippen molar-refractivity contribution in [1.29, 1.82) is 0 Å². The van der Waals surface area contributed by atoms with Gasteiger partial charge in [0, 0.05) is 0 Å². The maximum absolute atomic E-state index is 11.7. The topological polar surface area (TPSA) is 42.2 Å². The van der Waals surface area contributed by atoms with Gasteiger partial charge in [-0.05, 0) is 40.2 Å². The van der Waals surface area contributed by atoms with Crippen LogP contribution < -0.4 is 5.32 Å². The van der Waals surface area contributed by atoms with Crippen molar-refractivity contribution in [2.75, 3.05) is 6.54 Å². The van der Waals surface area contributed by atoms with Crippen LogP contribution in [0.15, 0.2) is 38.7 Å². The largest absolute Gasteiger partial charge is 0.468 e. The van der Waals surface area contributed by atoms with E-state index in [1.54, 1.807) is 6.26 Å². The molecule has 2 rings (SSSR count). The van der Waals surface area contributed by atoms with E-state index in [1.807, 2.05) is 24.3 Å². The molecule has 0 saturated heterocycles. The zero-order valence-electron chi connectivity index (χ0n) is 8.40. The van der Waals surface area contributed by atoms with Crippen molar-refractivity contribution < 1.29 is 9.21 Å². The number of hydrogen-bond donors (Lipinski definition) is 1. The van der Waals surface area contributed by atoms with E-state index in [0.29, 0.717) is 13.1 Å². The van der Waals surface area contributed by atoms with Gasteiger partial charge < -0.3 is 9.73 Å². The number of thiophene rings is 1. The molecule has 5 heteroatoms. The summed E-state index contributed by atoms with van der Waals surface area (Å²) in [6, 6.07) is 7.41. The second-order valence-corrected chi connectivity index (χ2v) is 5.67. The third-order valence-electron chi connectivity index (χ3n) is 2.01. The van der Waals surface area contributed by atoms with Gasteiger partial charge in [0.15, 0.2) is 5.78 Å². The Bertz CT molecular complexity index is 464. The lowest BCUT2D eigenvalue weighted by Gasteiger charge is -1.99. The van der Waals surface area contributed by atoms with E-state index in [9.17, 15) is 4.79 Å². The normalized spacial score (nSPS) is 10.6. The van der Waals surface area contributed by atoms with Crippen LogP contribution in [0.4, 0.5) is 0 Å². The highest BCUT2D eigenvalue weighted by Gasteiger charge is 2.08. The van der Waals surface area contributed by atoms with Crippen molar-refractivity contribution in [3.63, 3.8) is 0 Å². The molecule has 1 N–H and O–H groups in total. The Morgan fingerprint density at radius 3 is 2.94 bits per heavy atom. The average molecular weight is 300 g/mol. The van der Waals surface area contributed by atoms with Crippen molar-refractivity contribution in [2.24, 2.45) is 0 Å². The minimum atomic E-state index is 0.0993. The molecule has 0 radical (unpaired) electrons. The fourth-order valence-electron chi connectivity index (χ4n) is 1.26. The quantitative estimate of drug-likeness (QED) is 0.863. The van der Waals surface area contributed by atoms with Gasteiger partial charge in [0.05, 0.1) is 28.0 Å². The third-order valence-corrected chi connectivity index (χ3v) is 3.68. The van der Waals surface area contributed by atoms with Gasteiger partial charge in [-0.25, -0.2) is 0 Å². The first-order chi connectivity index (χ1) is 7.75. The van der Waals surface area contributed by atoms with E-state index < -0.39 is 0 Å². The molecular formula is C11H10BrNO2S. The van der Waals surface area contributed by atoms with E-state index in [1.165, 1.54) is 11.3 Å². The second-order valence-electron chi connectivity index (χ2n) is 3.21. The molecule has 0 bridgehead atoms. The first kappa shape index (κ1) is 11.6. The van der Waals surface area contributed by atoms with Crippen LogP contribution in [0.2, 0.25) is 0 Å². The average Bonchev–Trinajstić information content (AvgIpc) is 2.89. The van der Waals surface area contributed by atoms with Crippen LogP contribution in [0.5, 0.6) is 0 Å². The monoisotopic (exact) mass is 299 g/mol. The van der Waals surface area contributed by atoms with E-state index in [0.717, 1.165) is 14.4 Å². The predicted molar refractivity (Wildman–Crippen MR) is 66.8 cm³/mol. The molecule has 0 atom stereocenters. The van der Waals surface area contributed by atoms with Crippen LogP contribution >= 0.6 is 27.3 Å². The summed E-state index contributed by atoms with van der Waals surface area (Å²) in [6.45, 7) is 0.902. The Balaban J connectivity index is 1.80. The molecule has 16 heavy (non-hydrogen) atoms. The SMILES string of the molecule is O=C(CNCc1ccco1)c1ccc(Br)s1. The summed E-state index contributed by atoms with van der Waals surface area (Å²) in [5.74, 6) is 0.933. The fraction of sp³-hybridized carbons (Fsp3) is 0.182. The van der Waals surface area contributed by atoms with Gasteiger partial charge in [-0.15, -0.1) is 11.3 Å². The number of rotatable bonds is 5. The standard InChI is InChI=1S/C11H10BrNO2S/c12-11-4-3-10(16-11)9(14)7-13-6-8-2-1-5-15-8/h1-5,13H,6-7H2. The van der Waals surface area contributed by atoms with Crippen molar-refractivity contribution in [2.45, 2.75) is 6.54 Å². The summed E-state index contributed by atoms with van der Waals surface area (Å²) in [5, 5.41) is 3.04. The van der Waals surface area contributed by atoms with Crippen LogP contribution in [0, 0.1) is 0 Å². The van der Waals surface area contributed by atoms with Crippen molar-refractivity contribution in [3.05, 3.63) is 45.0 Å². The summed E-state index contributed by atoms with van der Waals surface area (Å²) in [5.41, 5.74) is 0. The Morgan fingerprint density at radius 2 is 2.31 bits per heavy atom. The minimum absolute atomic E-state index is 0.0993. The first-order valence-electron chi connectivity index (χ1n) is 4.77. The lowest BCUT2D eigenvalue weighted by atomic mass is 10.3. The maximum atomic E-state index is 11.7. The zero-order chi connectivity index (χ0) is 11.4. The highest BCUT2D eigenvalue weighted by atomic mass is 79.9. The summed E-state index contributed by atoms with van der Waals surface area (Å²) in [7, 11) is 0. The molecule has 0 unspecified atom stereocenters. The molecule has 0 saturated carbocycles. The Kier molecular flexibility index (Phi) is 3.93. The van der Waals surface area contributed by atoms with E-state index >= 15 is 0 Å². The summed E-state index contributed by atoms with van der Waals surface area (Å²) < 4.78 is 6.12. The van der Waals surface area contributed by atoms with Crippen LogP contribution in [0.1, 0.15) is 15.4 Å². The molecule has 0 aliphatic carbocycles. The number of Topliss-reactive ketones (excluding diaryl/α,β-unsaturated/α-hetero) is 1. The van der Waals surface area contributed by atoms with Crippen LogP contribution in [0.3, 0.4) is 0 Å². The molecule has 0 aliphatic rings. The molecule has 2 aromatic rings. The van der Waals surface area contributed by atoms with Gasteiger partial charge in [-0.1, -0.05) is 0 Å². The molecule has 2 aromatic heterocycles. The molecule has 2 heterocycles. The summed E-state index contributed by atoms with van der Waals surface area (Å²) in [6.07, 6.45) is 1.62. The number of ketones is 1. The van der Waals surface area contributed by atoms with E-state index in [4.69, 9.17) is 4.42 Å². The molecule has 0 fully saturated rings. The summed E-state index contributed by atoms with van der Waals surface area (Å²) >= 11 is 4.78. The van der Waals surface area contributed by atoms with Crippen LogP contribution in [-0.2, 0) is 6.54 Å². The molecule has 0 amide bonds. The van der Waals surface area contributed by atoms with Crippen LogP contribution in [-0.4, -0.2) is 12.3 Å². The number of hydrogen-bond acceptors (Lipinski definition) is 4. The highest BCUT2D eigenvalue weighted by Crippen LogP contribution is 2.22. The smallest absolute Gasteiger partial charge is 0.186 e. The summed E-state index contributed by atoms with van der Waals surface area (Å²) in [4.78, 5) is 12.4. The van der Waals surface area contributed by atoms with Crippen molar-refractivity contribution in [1.82, 2.24) is 5.32 Å². The molecule has 0 aliphatic heterocycles. The highest BCUT2D eigenvalue weighted by molar-refractivity contribution is 9.11. The van der Waals surface area contributed by atoms with Crippen molar-refractivity contribution in [3.8, 4) is 0 Å². The maximum Gasteiger partial charge on any atom is 0.186 e. The van der Waals surface area contributed by atoms with Gasteiger partial charge in [0.25, 0.3) is 0 Å². The van der Waals surface area contributed by atoms with E-state index in [2.05, 4.69) is 21.2 Å². The Labute approximate surface area is 106 Å². The molecule has 0 aromatic carbocycles. The van der Waals surface area contributed by atoms with Gasteiger partial charge >= 0.3 is 0 Å². The Morgan fingerprint density at radius 1 is 1.44 bits per heavy atom. The number of carbonyl (C=O) groups is 1. The number of nitrogens with one attached hydrogen (secondary N) is 1. The van der Waals surface area contributed by atoms with Crippen molar-refractivity contribution >= 4 is 33.0 Å². The molecule has 3 nitrogen and oxygen atoms in total. The van der Waals surface area contributed by atoms with Gasteiger partial charge in [-0.2, -0.15) is 0 Å². The van der Waals surface area contributed by atoms with E-state index in [-0.39, 0.29) is 5.78 Å². The first-order valence-corrected chi connectivity index (χ1v) is 6.38. The minimum Gasteiger partial charge on any atom is -0.468 e. The second kappa shape index (κ2) is 5.43. The lowest BCUT2D eigenvalue weighted by molar-refractivity contribution is 0.0994. The molecular weight excluding hydrogens is 290 g/mol. The molecule has 84 valence electrons. The fourth-order valence-corrected chi connectivity index (χ4v) is 2.59. The number of halogens is 1. The number of carbonyl (C=O) groups excluding carboxylic acids is 1. The predicted octanol–water partition coefficient (Wildman–Crippen LogP) is 3.08. The number of furan rings is 1. The molecule has 0 spiro atoms. The van der Waals surface area contributed by atoms with Gasteiger partial charge in [0.2, 0.25) is 0 Å². The van der Waals surface area contributed by atoms with Gasteiger partial charge in [-0.3, -0.25) is 4.79 Å². The third kappa shape index (κ3) is 3.04. The lowest BCUT2D eigenvalue weighted by Crippen LogP contribution is -2.21. The zero-order valence-corrected chi connectivity index (χ0v) is 10.8. The van der Waals surface area contributed by atoms with Crippen LogP contribution in [0.25, 0.3) is 0 Å². The Hall–Kier alpha value is -0.910.